The maximum absolute atomic E-state index is 13.5. The van der Waals surface area contributed by atoms with E-state index in [-0.39, 0.29) is 24.1 Å². The molecule has 5 nitrogen and oxygen atoms in total. The van der Waals surface area contributed by atoms with Crippen molar-refractivity contribution in [2.45, 2.75) is 13.5 Å². The van der Waals surface area contributed by atoms with Crippen molar-refractivity contribution < 1.29 is 13.6 Å². The van der Waals surface area contributed by atoms with Crippen LogP contribution < -0.4 is 5.32 Å². The molecule has 0 aliphatic heterocycles. The number of amides is 1. The first kappa shape index (κ1) is 21.5. The van der Waals surface area contributed by atoms with Gasteiger partial charge in [0, 0.05) is 17.5 Å². The summed E-state index contributed by atoms with van der Waals surface area (Å²) in [6, 6.07) is 21.3. The highest BCUT2D eigenvalue weighted by Crippen LogP contribution is 2.28. The molecule has 0 spiro atoms. The Kier molecular flexibility index (Phi) is 5.59. The molecule has 2 heterocycles. The quantitative estimate of drug-likeness (QED) is 0.376. The summed E-state index contributed by atoms with van der Waals surface area (Å²) in [5, 5.41) is 8.04. The van der Waals surface area contributed by atoms with Crippen molar-refractivity contribution in [1.29, 1.82) is 0 Å². The lowest BCUT2D eigenvalue weighted by atomic mass is 10.0. The summed E-state index contributed by atoms with van der Waals surface area (Å²) in [6.45, 7) is 2.09. The fourth-order valence-electron chi connectivity index (χ4n) is 3.93. The van der Waals surface area contributed by atoms with Crippen LogP contribution in [0.2, 0.25) is 0 Å². The SMILES string of the molecule is Cc1c(-c2cc(C(=O)NCc3cccc(F)c3)c3ccccc3n2)cnn1-c1ccc(F)cc1. The van der Waals surface area contributed by atoms with Gasteiger partial charge < -0.3 is 5.32 Å². The van der Waals surface area contributed by atoms with Crippen LogP contribution in [0.25, 0.3) is 27.8 Å². The fraction of sp³-hybridized carbons (Fsp3) is 0.0741. The first-order valence-electron chi connectivity index (χ1n) is 10.7. The number of aromatic nitrogens is 3. The van der Waals surface area contributed by atoms with Crippen molar-refractivity contribution in [3.05, 3.63) is 114 Å². The van der Waals surface area contributed by atoms with Crippen molar-refractivity contribution >= 4 is 16.8 Å². The lowest BCUT2D eigenvalue weighted by Crippen LogP contribution is -2.23. The fourth-order valence-corrected chi connectivity index (χ4v) is 3.93. The largest absolute Gasteiger partial charge is 0.348 e. The van der Waals surface area contributed by atoms with Crippen molar-refractivity contribution in [3.63, 3.8) is 0 Å². The highest BCUT2D eigenvalue weighted by atomic mass is 19.1. The van der Waals surface area contributed by atoms with Crippen LogP contribution in [0.5, 0.6) is 0 Å². The lowest BCUT2D eigenvalue weighted by molar-refractivity contribution is 0.0952. The summed E-state index contributed by atoms with van der Waals surface area (Å²) in [5.74, 6) is -0.955. The van der Waals surface area contributed by atoms with E-state index in [1.807, 2.05) is 31.2 Å². The van der Waals surface area contributed by atoms with Gasteiger partial charge in [-0.05, 0) is 61.0 Å². The van der Waals surface area contributed by atoms with Gasteiger partial charge in [-0.3, -0.25) is 4.79 Å². The van der Waals surface area contributed by atoms with Crippen molar-refractivity contribution in [2.75, 3.05) is 0 Å². The number of nitrogens with zero attached hydrogens (tertiary/aromatic N) is 3. The van der Waals surface area contributed by atoms with E-state index in [2.05, 4.69) is 10.4 Å². The van der Waals surface area contributed by atoms with Crippen molar-refractivity contribution in [2.24, 2.45) is 0 Å². The first-order chi connectivity index (χ1) is 16.5. The van der Waals surface area contributed by atoms with Crippen LogP contribution in [-0.2, 0) is 6.54 Å². The van der Waals surface area contributed by atoms with Crippen molar-refractivity contribution in [3.8, 4) is 16.9 Å². The molecule has 34 heavy (non-hydrogen) atoms. The van der Waals surface area contributed by atoms with E-state index in [0.717, 1.165) is 16.9 Å². The minimum absolute atomic E-state index is 0.199. The Labute approximate surface area is 194 Å². The molecular weight excluding hydrogens is 434 g/mol. The van der Waals surface area contributed by atoms with Gasteiger partial charge in [-0.25, -0.2) is 18.4 Å². The molecule has 5 rings (SSSR count). The Morgan fingerprint density at radius 2 is 1.74 bits per heavy atom. The van der Waals surface area contributed by atoms with Crippen LogP contribution in [0.15, 0.2) is 85.1 Å². The predicted octanol–water partition coefficient (Wildman–Crippen LogP) is 5.60. The summed E-state index contributed by atoms with van der Waals surface area (Å²) in [5.41, 5.74) is 4.69. The molecule has 2 aromatic heterocycles. The highest BCUT2D eigenvalue weighted by Gasteiger charge is 2.17. The number of benzene rings is 3. The Hall–Kier alpha value is -4.39. The molecule has 3 aromatic carbocycles. The molecule has 0 aliphatic carbocycles. The van der Waals surface area contributed by atoms with E-state index in [1.54, 1.807) is 41.2 Å². The number of halogens is 2. The number of carbonyl (C=O) groups excluding carboxylic acids is 1. The minimum Gasteiger partial charge on any atom is -0.348 e. The summed E-state index contributed by atoms with van der Waals surface area (Å²) < 4.78 is 28.5. The number of nitrogens with one attached hydrogen (secondary N) is 1. The Balaban J connectivity index is 1.52. The van der Waals surface area contributed by atoms with Gasteiger partial charge in [0.15, 0.2) is 0 Å². The minimum atomic E-state index is -0.350. The van der Waals surface area contributed by atoms with E-state index in [0.29, 0.717) is 27.7 Å². The van der Waals surface area contributed by atoms with E-state index < -0.39 is 0 Å². The predicted molar refractivity (Wildman–Crippen MR) is 127 cm³/mol. The van der Waals surface area contributed by atoms with Crippen LogP contribution in [0.3, 0.4) is 0 Å². The number of carbonyl (C=O) groups is 1. The van der Waals surface area contributed by atoms with Crippen molar-refractivity contribution in [1.82, 2.24) is 20.1 Å². The third kappa shape index (κ3) is 4.15. The average Bonchev–Trinajstić information content (AvgIpc) is 3.23. The molecule has 0 fully saturated rings. The molecule has 168 valence electrons. The number of para-hydroxylation sites is 1. The molecule has 0 radical (unpaired) electrons. The summed E-state index contributed by atoms with van der Waals surface area (Å²) in [6.07, 6.45) is 1.68. The maximum atomic E-state index is 13.5. The number of pyridine rings is 1. The van der Waals surface area contributed by atoms with Crippen LogP contribution in [0.4, 0.5) is 8.78 Å². The normalized spacial score (nSPS) is 11.0. The first-order valence-corrected chi connectivity index (χ1v) is 10.7. The van der Waals surface area contributed by atoms with Crippen LogP contribution in [-0.4, -0.2) is 20.7 Å². The molecular formula is C27H20F2N4O. The van der Waals surface area contributed by atoms with Crippen LogP contribution in [0.1, 0.15) is 21.6 Å². The second-order valence-corrected chi connectivity index (χ2v) is 7.92. The van der Waals surface area contributed by atoms with E-state index in [4.69, 9.17) is 4.98 Å². The topological polar surface area (TPSA) is 59.8 Å². The van der Waals surface area contributed by atoms with E-state index >= 15 is 0 Å². The smallest absolute Gasteiger partial charge is 0.252 e. The monoisotopic (exact) mass is 454 g/mol. The van der Waals surface area contributed by atoms with Gasteiger partial charge in [-0.15, -0.1) is 0 Å². The lowest BCUT2D eigenvalue weighted by Gasteiger charge is -2.11. The molecule has 0 bridgehead atoms. The molecule has 5 aromatic rings. The third-order valence-electron chi connectivity index (χ3n) is 5.66. The van der Waals surface area contributed by atoms with Gasteiger partial charge >= 0.3 is 0 Å². The van der Waals surface area contributed by atoms with Gasteiger partial charge in [-0.2, -0.15) is 5.10 Å². The Morgan fingerprint density at radius 3 is 2.53 bits per heavy atom. The molecule has 0 unspecified atom stereocenters. The molecule has 0 saturated heterocycles. The van der Waals surface area contributed by atoms with Gasteiger partial charge in [0.2, 0.25) is 0 Å². The van der Waals surface area contributed by atoms with Gasteiger partial charge in [0.25, 0.3) is 5.91 Å². The summed E-state index contributed by atoms with van der Waals surface area (Å²) >= 11 is 0. The second-order valence-electron chi connectivity index (χ2n) is 7.92. The summed E-state index contributed by atoms with van der Waals surface area (Å²) in [7, 11) is 0. The summed E-state index contributed by atoms with van der Waals surface area (Å²) in [4.78, 5) is 17.9. The molecule has 7 heteroatoms. The maximum Gasteiger partial charge on any atom is 0.252 e. The van der Waals surface area contributed by atoms with E-state index in [9.17, 15) is 13.6 Å². The average molecular weight is 454 g/mol. The van der Waals surface area contributed by atoms with Gasteiger partial charge in [0.1, 0.15) is 11.6 Å². The zero-order chi connectivity index (χ0) is 23.7. The number of hydrogen-bond acceptors (Lipinski definition) is 3. The van der Waals surface area contributed by atoms with Crippen LogP contribution in [0, 0.1) is 18.6 Å². The molecule has 1 N–H and O–H groups in total. The number of fused-ring (bicyclic) bond motifs is 1. The molecule has 1 amide bonds. The number of rotatable bonds is 5. The highest BCUT2D eigenvalue weighted by molar-refractivity contribution is 6.07. The van der Waals surface area contributed by atoms with Gasteiger partial charge in [-0.1, -0.05) is 30.3 Å². The molecule has 0 saturated carbocycles. The van der Waals surface area contributed by atoms with E-state index in [1.165, 1.54) is 24.3 Å². The number of hydrogen-bond donors (Lipinski definition) is 1. The molecule has 0 atom stereocenters. The zero-order valence-electron chi connectivity index (χ0n) is 18.3. The third-order valence-corrected chi connectivity index (χ3v) is 5.66. The second kappa shape index (κ2) is 8.86. The standard InChI is InChI=1S/C27H20F2N4O/c1-17-24(16-31-33(17)21-11-9-19(28)10-12-21)26-14-23(22-7-2-3-8-25(22)32-26)27(34)30-15-18-5-4-6-20(29)13-18/h2-14,16H,15H2,1H3,(H,30,34). The molecule has 0 aliphatic rings. The van der Waals surface area contributed by atoms with Crippen LogP contribution >= 0.6 is 0 Å². The Bertz CT molecular complexity index is 1510. The zero-order valence-corrected chi connectivity index (χ0v) is 18.3. The Morgan fingerprint density at radius 1 is 0.941 bits per heavy atom. The van der Waals surface area contributed by atoms with Gasteiger partial charge in [0.05, 0.1) is 34.4 Å².